The van der Waals surface area contributed by atoms with Crippen LogP contribution in [0.3, 0.4) is 0 Å². The van der Waals surface area contributed by atoms with E-state index in [4.69, 9.17) is 18.6 Å². The van der Waals surface area contributed by atoms with Crippen LogP contribution in [0.1, 0.15) is 0 Å². The van der Waals surface area contributed by atoms with Gasteiger partial charge in [-0.2, -0.15) is 4.40 Å². The molecule has 0 saturated carbocycles. The molecule has 28 heavy (non-hydrogen) atoms. The summed E-state index contributed by atoms with van der Waals surface area (Å²) in [6.45, 7) is 0. The molecule has 0 aliphatic carbocycles. The van der Waals surface area contributed by atoms with Gasteiger partial charge in [-0.3, -0.25) is 10.1 Å². The number of pyridine rings is 2. The van der Waals surface area contributed by atoms with E-state index in [0.717, 1.165) is 27.4 Å². The van der Waals surface area contributed by atoms with Crippen LogP contribution in [0.4, 0.5) is 5.69 Å². The van der Waals surface area contributed by atoms with E-state index >= 15 is 0 Å². The molecule has 144 valence electrons. The molecule has 2 aromatic carbocycles. The first-order chi connectivity index (χ1) is 13.2. The van der Waals surface area contributed by atoms with Gasteiger partial charge in [-0.1, -0.05) is 18.2 Å². The van der Waals surface area contributed by atoms with Crippen molar-refractivity contribution in [3.05, 3.63) is 89.2 Å². The molecule has 0 aliphatic heterocycles. The van der Waals surface area contributed by atoms with Gasteiger partial charge in [-0.15, -0.1) is 0 Å². The van der Waals surface area contributed by atoms with Crippen molar-refractivity contribution in [1.29, 1.82) is 0 Å². The molecule has 3 N–H and O–H groups in total. The molecular weight excluding hydrogens is 388 g/mol. The third kappa shape index (κ3) is 4.58. The predicted molar refractivity (Wildman–Crippen MR) is 95.9 cm³/mol. The van der Waals surface area contributed by atoms with E-state index in [0.29, 0.717) is 0 Å². The van der Waals surface area contributed by atoms with E-state index < -0.39 is 10.2 Å². The molecular formula is C19H16ClN2O6+. The minimum atomic E-state index is -4.19. The average molecular weight is 404 g/mol. The van der Waals surface area contributed by atoms with Crippen LogP contribution < -0.4 is 9.06 Å². The fourth-order valence-corrected chi connectivity index (χ4v) is 2.96. The van der Waals surface area contributed by atoms with Gasteiger partial charge in [-0.05, 0) is 29.8 Å². The number of nitrogens with zero attached hydrogens (tertiary/aromatic N) is 2. The topological polar surface area (TPSA) is 131 Å². The number of halogens is 1. The normalized spacial score (nSPS) is 11.7. The number of hydrogen-bond acceptors (Lipinski definition) is 6. The Morgan fingerprint density at radius 2 is 1.50 bits per heavy atom. The molecule has 0 unspecified atom stereocenters. The summed E-state index contributed by atoms with van der Waals surface area (Å²) in [5, 5.41) is 13.1. The van der Waals surface area contributed by atoms with Crippen molar-refractivity contribution in [2.24, 2.45) is 0 Å². The molecule has 9 heteroatoms. The molecule has 2 aromatic heterocycles. The van der Waals surface area contributed by atoms with Crippen molar-refractivity contribution in [1.82, 2.24) is 0 Å². The second-order valence-electron chi connectivity index (χ2n) is 5.82. The Kier molecular flexibility index (Phi) is 5.50. The molecule has 0 aliphatic rings. The Balaban J connectivity index is 0.000000403. The molecule has 2 heterocycles. The summed E-state index contributed by atoms with van der Waals surface area (Å²) in [6.07, 6.45) is 4.11. The zero-order chi connectivity index (χ0) is 20.3. The number of aromatic nitrogens is 1. The fourth-order valence-electron chi connectivity index (χ4n) is 2.96. The van der Waals surface area contributed by atoms with Gasteiger partial charge in [0.05, 0.1) is 10.5 Å². The van der Waals surface area contributed by atoms with E-state index in [9.17, 15) is 10.1 Å². The first-order valence-electron chi connectivity index (χ1n) is 7.97. The number of hydrogen-bond donors (Lipinski definition) is 3. The number of nitro groups is 1. The van der Waals surface area contributed by atoms with Crippen LogP contribution in [-0.2, 0) is 0 Å². The van der Waals surface area contributed by atoms with Gasteiger partial charge in [0.2, 0.25) is 5.52 Å². The standard InChI is InChI=1S/C19H13N2O2.ClH3O4/c22-21(23)16-10-8-14(9-11-16)19-17-6-2-1-5-15(17)13-20-12-4-3-7-18(19)20;2-1(3,4)5/h1-13H;2-4H/q+1;. The van der Waals surface area contributed by atoms with E-state index in [1.165, 1.54) is 0 Å². The second kappa shape index (κ2) is 7.85. The number of nitro benzene ring substituents is 1. The van der Waals surface area contributed by atoms with Crippen LogP contribution in [0.25, 0.3) is 27.4 Å². The number of fused-ring (bicyclic) bond motifs is 2. The van der Waals surface area contributed by atoms with Crippen molar-refractivity contribution in [2.75, 3.05) is 0 Å². The third-order valence-electron chi connectivity index (χ3n) is 4.02. The van der Waals surface area contributed by atoms with E-state index in [-0.39, 0.29) is 10.6 Å². The molecule has 0 spiro atoms. The Bertz CT molecular complexity index is 1080. The number of benzene rings is 2. The Labute approximate surface area is 161 Å². The zero-order valence-electron chi connectivity index (χ0n) is 14.3. The molecule has 0 fully saturated rings. The van der Waals surface area contributed by atoms with Crippen molar-refractivity contribution in [3.8, 4) is 11.1 Å². The number of rotatable bonds is 2. The third-order valence-corrected chi connectivity index (χ3v) is 4.02. The van der Waals surface area contributed by atoms with Gasteiger partial charge >= 0.3 is 28.9 Å². The summed E-state index contributed by atoms with van der Waals surface area (Å²) in [5.74, 6) is 0. The van der Waals surface area contributed by atoms with Crippen LogP contribution in [0.15, 0.2) is 79.1 Å². The maximum atomic E-state index is 10.9. The minimum absolute atomic E-state index is 0.103. The Morgan fingerprint density at radius 3 is 2.14 bits per heavy atom. The van der Waals surface area contributed by atoms with E-state index in [1.807, 2.05) is 42.6 Å². The van der Waals surface area contributed by atoms with Gasteiger partial charge in [0, 0.05) is 35.0 Å². The maximum absolute atomic E-state index is 10.9. The first kappa shape index (κ1) is 19.6. The summed E-state index contributed by atoms with van der Waals surface area (Å²) in [7, 11) is -4.19. The van der Waals surface area contributed by atoms with Crippen molar-refractivity contribution in [2.45, 2.75) is 0 Å². The average Bonchev–Trinajstić information content (AvgIpc) is 2.65. The van der Waals surface area contributed by atoms with Crippen LogP contribution >= 0.6 is 0 Å². The van der Waals surface area contributed by atoms with Gasteiger partial charge < -0.3 is 0 Å². The molecule has 4 rings (SSSR count). The Morgan fingerprint density at radius 1 is 0.893 bits per heavy atom. The van der Waals surface area contributed by atoms with Gasteiger partial charge in [0.1, 0.15) is 0 Å². The molecule has 0 bridgehead atoms. The Hall–Kier alpha value is -3.14. The second-order valence-corrected chi connectivity index (χ2v) is 6.69. The summed E-state index contributed by atoms with van der Waals surface area (Å²) >= 11 is 0. The monoisotopic (exact) mass is 403 g/mol. The summed E-state index contributed by atoms with van der Waals surface area (Å²) < 4.78 is 32.3. The fraction of sp³-hybridized carbons (Fsp3) is 0. The van der Waals surface area contributed by atoms with Gasteiger partial charge in [0.25, 0.3) is 5.69 Å². The molecule has 8 nitrogen and oxygen atoms in total. The van der Waals surface area contributed by atoms with Gasteiger partial charge in [-0.25, -0.2) is 0 Å². The van der Waals surface area contributed by atoms with E-state index in [1.54, 1.807) is 12.1 Å². The van der Waals surface area contributed by atoms with Crippen LogP contribution in [0.2, 0.25) is 0 Å². The van der Waals surface area contributed by atoms with Crippen LogP contribution in [0, 0.1) is 20.4 Å². The van der Waals surface area contributed by atoms with Crippen molar-refractivity contribution in [3.63, 3.8) is 0 Å². The molecule has 0 amide bonds. The molecule has 4 aromatic rings. The summed E-state index contributed by atoms with van der Waals surface area (Å²) in [5.41, 5.74) is 3.22. The molecule has 0 radical (unpaired) electrons. The zero-order valence-corrected chi connectivity index (χ0v) is 15.1. The quantitative estimate of drug-likeness (QED) is 0.200. The van der Waals surface area contributed by atoms with Crippen LogP contribution in [0.5, 0.6) is 0 Å². The SMILES string of the molecule is O=[N+]([O-])c1ccc(-c2c3ccccc3c[n+]3ccccc23)cc1.[O-][Cl+](O)(O)O. The van der Waals surface area contributed by atoms with E-state index in [2.05, 4.69) is 28.8 Å². The van der Waals surface area contributed by atoms with Gasteiger partial charge in [0.15, 0.2) is 12.4 Å². The van der Waals surface area contributed by atoms with Crippen LogP contribution in [-0.4, -0.2) is 18.9 Å². The summed E-state index contributed by atoms with van der Waals surface area (Å²) in [6, 6.07) is 21.0. The summed E-state index contributed by atoms with van der Waals surface area (Å²) in [4.78, 5) is 10.5. The predicted octanol–water partition coefficient (Wildman–Crippen LogP) is 1.29. The van der Waals surface area contributed by atoms with Crippen molar-refractivity contribution >= 4 is 22.0 Å². The molecule has 0 saturated heterocycles. The first-order valence-corrected chi connectivity index (χ1v) is 9.29. The number of non-ortho nitro benzene ring substituents is 1. The van der Waals surface area contributed by atoms with Crippen molar-refractivity contribution < 1.29 is 38.2 Å². The molecule has 0 atom stereocenters.